The van der Waals surface area contributed by atoms with E-state index in [1.165, 1.54) is 29.2 Å². The Kier molecular flexibility index (Phi) is 14.6. The molecule has 0 spiro atoms. The lowest BCUT2D eigenvalue weighted by Gasteiger charge is -2.33. The van der Waals surface area contributed by atoms with Crippen LogP contribution in [0.4, 0.5) is 14.9 Å². The van der Waals surface area contributed by atoms with Gasteiger partial charge in [0.25, 0.3) is 0 Å². The molecule has 5 N–H and O–H groups in total. The molecular weight excluding hydrogens is 687 g/mol. The Morgan fingerprint density at radius 2 is 1.46 bits per heavy atom. The van der Waals surface area contributed by atoms with Crippen LogP contribution in [0.25, 0.3) is 0 Å². The Morgan fingerprint density at radius 3 is 2.12 bits per heavy atom. The summed E-state index contributed by atoms with van der Waals surface area (Å²) in [5.41, 5.74) is 1.69. The van der Waals surface area contributed by atoms with Gasteiger partial charge in [-0.15, -0.1) is 0 Å². The molecule has 13 heteroatoms. The van der Waals surface area contributed by atoms with Gasteiger partial charge in [-0.2, -0.15) is 0 Å². The van der Waals surface area contributed by atoms with Crippen LogP contribution in [-0.2, 0) is 32.1 Å². The highest BCUT2D eigenvalue weighted by atomic mass is 35.5. The highest BCUT2D eigenvalue weighted by Gasteiger charge is 2.32. The summed E-state index contributed by atoms with van der Waals surface area (Å²) in [6.07, 6.45) is 1.50. The minimum absolute atomic E-state index is 0.0112. The molecule has 1 fully saturated rings. The number of nitrogens with one attached hydrogen (secondary N) is 5. The predicted octanol–water partition coefficient (Wildman–Crippen LogP) is 5.34. The van der Waals surface area contributed by atoms with Crippen LogP contribution in [0.2, 0.25) is 5.02 Å². The highest BCUT2D eigenvalue weighted by Crippen LogP contribution is 2.21. The smallest absolute Gasteiger partial charge is 0.318 e. The first kappa shape index (κ1) is 39.8. The van der Waals surface area contributed by atoms with Crippen LogP contribution < -0.4 is 26.6 Å². The normalized spacial score (nSPS) is 14.4. The van der Waals surface area contributed by atoms with Gasteiger partial charge in [0.05, 0.1) is 0 Å². The van der Waals surface area contributed by atoms with E-state index in [1.807, 2.05) is 57.2 Å². The van der Waals surface area contributed by atoms with Crippen LogP contribution in [0.3, 0.4) is 0 Å². The summed E-state index contributed by atoms with van der Waals surface area (Å²) >= 11 is 6.30. The molecule has 278 valence electrons. The van der Waals surface area contributed by atoms with Crippen LogP contribution in [0, 0.1) is 11.7 Å². The summed E-state index contributed by atoms with van der Waals surface area (Å²) in [6.45, 7) is 6.21. The van der Waals surface area contributed by atoms with Crippen molar-refractivity contribution in [1.82, 2.24) is 26.2 Å². The predicted molar refractivity (Wildman–Crippen MR) is 199 cm³/mol. The fraction of sp³-hybridized carbons (Fsp3) is 0.410. The number of nitrogens with zero attached hydrogens (tertiary/aromatic N) is 1. The Morgan fingerprint density at radius 1 is 0.827 bits per heavy atom. The van der Waals surface area contributed by atoms with Crippen molar-refractivity contribution in [3.05, 3.63) is 101 Å². The number of carbonyl (C=O) groups is 5. The quantitative estimate of drug-likeness (QED) is 0.152. The molecule has 52 heavy (non-hydrogen) atoms. The van der Waals surface area contributed by atoms with Crippen molar-refractivity contribution in [3.63, 3.8) is 0 Å². The molecule has 2 atom stereocenters. The maximum atomic E-state index is 13.9. The second kappa shape index (κ2) is 19.0. The van der Waals surface area contributed by atoms with E-state index in [9.17, 15) is 28.4 Å². The number of likely N-dealkylation sites (tertiary alicyclic amines) is 1. The minimum Gasteiger partial charge on any atom is -0.352 e. The zero-order chi connectivity index (χ0) is 37.7. The van der Waals surface area contributed by atoms with Gasteiger partial charge in [-0.05, 0) is 94.3 Å². The summed E-state index contributed by atoms with van der Waals surface area (Å²) in [5.74, 6) is -2.28. The summed E-state index contributed by atoms with van der Waals surface area (Å²) in [6, 6.07) is 19.6. The number of urea groups is 1. The maximum absolute atomic E-state index is 13.9. The van der Waals surface area contributed by atoms with Crippen molar-refractivity contribution in [3.8, 4) is 0 Å². The van der Waals surface area contributed by atoms with Gasteiger partial charge in [0.15, 0.2) is 0 Å². The fourth-order valence-corrected chi connectivity index (χ4v) is 6.03. The van der Waals surface area contributed by atoms with Gasteiger partial charge in [0.1, 0.15) is 17.9 Å². The van der Waals surface area contributed by atoms with Crippen LogP contribution in [0.15, 0.2) is 78.9 Å². The van der Waals surface area contributed by atoms with E-state index >= 15 is 0 Å². The molecule has 1 saturated heterocycles. The van der Waals surface area contributed by atoms with Crippen LogP contribution in [0.1, 0.15) is 64.0 Å². The summed E-state index contributed by atoms with van der Waals surface area (Å²) in [5, 5.41) is 14.7. The zero-order valence-electron chi connectivity index (χ0n) is 29.8. The van der Waals surface area contributed by atoms with E-state index < -0.39 is 41.3 Å². The van der Waals surface area contributed by atoms with E-state index in [4.69, 9.17) is 11.6 Å². The van der Waals surface area contributed by atoms with Crippen LogP contribution in [0.5, 0.6) is 0 Å². The molecule has 4 rings (SSSR count). The second-order valence-corrected chi connectivity index (χ2v) is 14.4. The first-order chi connectivity index (χ1) is 24.8. The fourth-order valence-electron chi connectivity index (χ4n) is 5.83. The topological polar surface area (TPSA) is 149 Å². The van der Waals surface area contributed by atoms with E-state index in [0.717, 1.165) is 11.1 Å². The van der Waals surface area contributed by atoms with E-state index in [-0.39, 0.29) is 56.6 Å². The lowest BCUT2D eigenvalue weighted by Crippen LogP contribution is -2.56. The third-order valence-electron chi connectivity index (χ3n) is 8.66. The lowest BCUT2D eigenvalue weighted by atomic mass is 9.96. The summed E-state index contributed by atoms with van der Waals surface area (Å²) < 4.78 is 13.3. The third-order valence-corrected chi connectivity index (χ3v) is 9.03. The van der Waals surface area contributed by atoms with Crippen molar-refractivity contribution < 1.29 is 28.4 Å². The molecule has 0 aliphatic carbocycles. The van der Waals surface area contributed by atoms with Gasteiger partial charge in [-0.3, -0.25) is 19.2 Å². The molecule has 0 aromatic heterocycles. The van der Waals surface area contributed by atoms with Gasteiger partial charge in [-0.25, -0.2) is 9.18 Å². The molecule has 3 aromatic carbocycles. The molecule has 0 radical (unpaired) electrons. The second-order valence-electron chi connectivity index (χ2n) is 14.0. The van der Waals surface area contributed by atoms with Crippen molar-refractivity contribution in [2.75, 3.05) is 18.4 Å². The van der Waals surface area contributed by atoms with Gasteiger partial charge in [-0.1, -0.05) is 60.1 Å². The van der Waals surface area contributed by atoms with Gasteiger partial charge in [0, 0.05) is 48.2 Å². The van der Waals surface area contributed by atoms with Gasteiger partial charge >= 0.3 is 6.03 Å². The minimum atomic E-state index is -1.13. The van der Waals surface area contributed by atoms with Crippen LogP contribution >= 0.6 is 11.6 Å². The Hall–Kier alpha value is -4.97. The highest BCUT2D eigenvalue weighted by molar-refractivity contribution is 6.31. The molecule has 3 aromatic rings. The molecule has 6 amide bonds. The molecule has 1 aliphatic rings. The number of hydrogen-bond acceptors (Lipinski definition) is 5. The van der Waals surface area contributed by atoms with Crippen molar-refractivity contribution in [2.45, 2.75) is 83.5 Å². The molecule has 1 aliphatic heterocycles. The summed E-state index contributed by atoms with van der Waals surface area (Å²) in [7, 11) is 0. The molecule has 0 bridgehead atoms. The Balaban J connectivity index is 1.42. The molecule has 0 saturated carbocycles. The number of hydrogen-bond donors (Lipinski definition) is 5. The Bertz CT molecular complexity index is 1680. The van der Waals surface area contributed by atoms with Gasteiger partial charge < -0.3 is 31.5 Å². The average Bonchev–Trinajstić information content (AvgIpc) is 3.11. The van der Waals surface area contributed by atoms with E-state index in [0.29, 0.717) is 30.0 Å². The SMILES string of the molecule is CC(C)(C)NC(=O)CC[C@H](NC(=O)N1CCC(C(=O)Nc2ccc(F)cc2)CC1)C(=O)N[C@@H](CCc1ccccc1)C(=O)NCc1ccccc1Cl. The number of benzene rings is 3. The number of aryl methyl sites for hydroxylation is 1. The molecule has 0 unspecified atom stereocenters. The molecule has 11 nitrogen and oxygen atoms in total. The van der Waals surface area contributed by atoms with Gasteiger partial charge in [0.2, 0.25) is 23.6 Å². The number of rotatable bonds is 14. The number of amides is 6. The molecule has 1 heterocycles. The number of carbonyl (C=O) groups excluding carboxylic acids is 5. The zero-order valence-corrected chi connectivity index (χ0v) is 30.6. The monoisotopic (exact) mass is 734 g/mol. The van der Waals surface area contributed by atoms with E-state index in [2.05, 4.69) is 26.6 Å². The average molecular weight is 735 g/mol. The first-order valence-corrected chi connectivity index (χ1v) is 17.9. The number of piperidine rings is 1. The van der Waals surface area contributed by atoms with Crippen molar-refractivity contribution in [1.29, 1.82) is 0 Å². The largest absolute Gasteiger partial charge is 0.352 e. The number of halogens is 2. The molecular formula is C39H48ClFN6O5. The maximum Gasteiger partial charge on any atom is 0.318 e. The Labute approximate surface area is 309 Å². The van der Waals surface area contributed by atoms with E-state index in [1.54, 1.807) is 18.2 Å². The summed E-state index contributed by atoms with van der Waals surface area (Å²) in [4.78, 5) is 68.1. The van der Waals surface area contributed by atoms with Crippen LogP contribution in [-0.4, -0.2) is 65.3 Å². The first-order valence-electron chi connectivity index (χ1n) is 17.6. The number of anilines is 1. The third kappa shape index (κ3) is 13.0. The standard InChI is InChI=1S/C39H48ClFN6O5/c1-39(2,3)46-34(48)20-19-33(45-38(52)47-23-21-27(22-24-47)35(49)43-30-16-14-29(41)15-17-30)37(51)44-32(18-13-26-9-5-4-6-10-26)36(50)42-25-28-11-7-8-12-31(28)40/h4-12,14-17,27,32-33H,13,18-25H2,1-3H3,(H,42,50)(H,43,49)(H,44,51)(H,45,52)(H,46,48)/t32-,33-/m0/s1. The lowest BCUT2D eigenvalue weighted by molar-refractivity contribution is -0.130. The van der Waals surface area contributed by atoms with Crippen molar-refractivity contribution >= 4 is 46.9 Å². The van der Waals surface area contributed by atoms with Crippen molar-refractivity contribution in [2.24, 2.45) is 5.92 Å².